The van der Waals surface area contributed by atoms with Gasteiger partial charge in [0.05, 0.1) is 44.4 Å². The molecule has 6 bridgehead atoms. The number of nitrogens with one attached hydrogen (secondary N) is 4. The van der Waals surface area contributed by atoms with Crippen molar-refractivity contribution in [1.82, 2.24) is 41.0 Å². The summed E-state index contributed by atoms with van der Waals surface area (Å²) in [6.07, 6.45) is 2.44. The molecule has 6 amide bonds. The molecule has 0 unspecified atom stereocenters. The number of alkyl carbamates (subject to hydrolysis) is 2. The Hall–Kier alpha value is -11.2. The van der Waals surface area contributed by atoms with Crippen LogP contribution in [0.25, 0.3) is 0 Å². The lowest BCUT2D eigenvalue weighted by Crippen LogP contribution is -2.74. The number of carbonyl (C=O) groups is 13. The topological polar surface area (TPSA) is 567 Å². The molecule has 13 aliphatic rings. The van der Waals surface area contributed by atoms with Crippen molar-refractivity contribution in [3.8, 4) is 34.5 Å². The van der Waals surface area contributed by atoms with Crippen LogP contribution in [0.3, 0.4) is 0 Å². The highest BCUT2D eigenvalue weighted by Gasteiger charge is 2.76. The van der Waals surface area contributed by atoms with Crippen LogP contribution in [0.15, 0.2) is 71.9 Å². The first-order chi connectivity index (χ1) is 67.7. The van der Waals surface area contributed by atoms with Gasteiger partial charge in [0.1, 0.15) is 58.7 Å². The number of esters is 6. The van der Waals surface area contributed by atoms with Crippen LogP contribution in [-0.2, 0) is 131 Å². The highest BCUT2D eigenvalue weighted by molar-refractivity contribution is 6.40. The van der Waals surface area contributed by atoms with E-state index in [2.05, 4.69) is 36.0 Å². The summed E-state index contributed by atoms with van der Waals surface area (Å²) in [5.41, 5.74) is 9.05. The van der Waals surface area contributed by atoms with Gasteiger partial charge in [-0.15, -0.1) is 28.3 Å². The number of phenols is 3. The van der Waals surface area contributed by atoms with E-state index in [0.717, 1.165) is 39.9 Å². The zero-order valence-electron chi connectivity index (χ0n) is 85.9. The Morgan fingerprint density at radius 2 is 0.745 bits per heavy atom. The molecule has 14 N–H and O–H groups in total. The summed E-state index contributed by atoms with van der Waals surface area (Å²) < 4.78 is 62.1. The molecule has 3 aromatic rings. The molecule has 7 aliphatic heterocycles. The maximum atomic E-state index is 13.3. The summed E-state index contributed by atoms with van der Waals surface area (Å²) in [5, 5.41) is 79.1. The Balaban J connectivity index is 0.000000175. The van der Waals surface area contributed by atoms with Gasteiger partial charge in [-0.3, -0.25) is 24.0 Å². The molecule has 7 heterocycles. The predicted molar refractivity (Wildman–Crippen MR) is 520 cm³/mol. The zero-order valence-corrected chi connectivity index (χ0v) is 87.4. The van der Waals surface area contributed by atoms with Crippen LogP contribution in [0.5, 0.6) is 34.5 Å². The van der Waals surface area contributed by atoms with Gasteiger partial charge in [0.15, 0.2) is 71.1 Å². The third kappa shape index (κ3) is 22.2. The van der Waals surface area contributed by atoms with Crippen molar-refractivity contribution in [1.29, 1.82) is 0 Å². The summed E-state index contributed by atoms with van der Waals surface area (Å²) in [6, 6.07) is 4.12. The van der Waals surface area contributed by atoms with Crippen LogP contribution in [0.1, 0.15) is 229 Å². The normalized spacial score (nSPS) is 27.6. The number of halogens is 2. The van der Waals surface area contributed by atoms with Crippen LogP contribution in [0.4, 0.5) is 9.59 Å². The number of likely N-dealkylation sites (tertiary alicyclic amines) is 3. The van der Waals surface area contributed by atoms with E-state index in [0.29, 0.717) is 86.8 Å². The lowest BCUT2D eigenvalue weighted by atomic mass is 9.50. The molecule has 0 radical (unpaired) electrons. The lowest BCUT2D eigenvalue weighted by Gasteiger charge is -2.61. The van der Waals surface area contributed by atoms with E-state index >= 15 is 0 Å². The maximum absolute atomic E-state index is 13.3. The molecule has 798 valence electrons. The number of hydrogen-bond donors (Lipinski definition) is 12. The first-order valence-electron chi connectivity index (χ1n) is 49.2. The average Bonchev–Trinajstić information content (AvgIpc) is 1.56. The number of ether oxygens (including phenoxy) is 11. The largest absolute Gasteiger partial charge is 0.504 e. The van der Waals surface area contributed by atoms with Crippen molar-refractivity contribution in [2.75, 3.05) is 46.1 Å². The summed E-state index contributed by atoms with van der Waals surface area (Å²) in [6.45, 7) is 32.2. The van der Waals surface area contributed by atoms with Gasteiger partial charge in [0, 0.05) is 66.9 Å². The molecular formula is C102H140Cl2N10O31. The van der Waals surface area contributed by atoms with Gasteiger partial charge in [-0.05, 0) is 253 Å². The van der Waals surface area contributed by atoms with Crippen molar-refractivity contribution >= 4 is 101 Å². The fourth-order valence-corrected chi connectivity index (χ4v) is 22.4. The van der Waals surface area contributed by atoms with E-state index in [1.54, 1.807) is 78.0 Å². The second-order valence-electron chi connectivity index (χ2n) is 43.0. The number of carbonyl (C=O) groups excluding carboxylic acids is 13. The molecule has 0 saturated carbocycles. The number of nitrogens with zero attached hydrogens (tertiary/aromatic N) is 4. The Morgan fingerprint density at radius 3 is 1.06 bits per heavy atom. The number of likely N-dealkylation sites (N-methyl/N-ethyl adjacent to an activating group) is 3. The Kier molecular flexibility index (Phi) is 33.9. The quantitative estimate of drug-likeness (QED) is 0.0166. The Morgan fingerprint density at radius 1 is 0.441 bits per heavy atom. The number of piperidine rings is 3. The number of phenolic OH excluding ortho intramolecular Hbond substituents is 3. The maximum Gasteiger partial charge on any atom is 0.408 e. The third-order valence-corrected chi connectivity index (χ3v) is 29.0. The first kappa shape index (κ1) is 113. The molecule has 145 heavy (non-hydrogen) atoms. The summed E-state index contributed by atoms with van der Waals surface area (Å²) in [7, 11) is 5.97. The second-order valence-corrected chi connectivity index (χ2v) is 43.9. The predicted octanol–water partition coefficient (Wildman–Crippen LogP) is 7.06. The number of imide groups is 1. The number of rotatable bonds is 26. The van der Waals surface area contributed by atoms with Gasteiger partial charge in [0.2, 0.25) is 11.8 Å². The Bertz CT molecular complexity index is 5590. The molecule has 43 heteroatoms. The van der Waals surface area contributed by atoms with E-state index in [1.807, 2.05) is 80.9 Å². The summed E-state index contributed by atoms with van der Waals surface area (Å²) in [5.74, 6) is -6.04. The van der Waals surface area contributed by atoms with Crippen LogP contribution in [0, 0.1) is 17.8 Å². The first-order valence-corrected chi connectivity index (χ1v) is 50.3. The number of aromatic hydroxyl groups is 3. The van der Waals surface area contributed by atoms with Crippen molar-refractivity contribution in [2.24, 2.45) is 29.2 Å². The van der Waals surface area contributed by atoms with Gasteiger partial charge in [0.25, 0.3) is 11.8 Å². The van der Waals surface area contributed by atoms with Crippen molar-refractivity contribution in [3.05, 3.63) is 105 Å². The smallest absolute Gasteiger partial charge is 0.408 e. The average molecular weight is 2070 g/mol. The highest BCUT2D eigenvalue weighted by atomic mass is 35.5. The van der Waals surface area contributed by atoms with Crippen molar-refractivity contribution < 1.29 is 150 Å². The summed E-state index contributed by atoms with van der Waals surface area (Å²) >= 11 is 9.53. The van der Waals surface area contributed by atoms with Gasteiger partial charge in [-0.25, -0.2) is 38.4 Å². The van der Waals surface area contributed by atoms with E-state index < -0.39 is 195 Å². The van der Waals surface area contributed by atoms with Crippen LogP contribution in [-0.4, -0.2) is 293 Å². The minimum atomic E-state index is -1.35. The van der Waals surface area contributed by atoms with Gasteiger partial charge in [-0.1, -0.05) is 59.7 Å². The fourth-order valence-electron chi connectivity index (χ4n) is 22.4. The minimum Gasteiger partial charge on any atom is -0.504 e. The molecule has 6 aliphatic carbocycles. The van der Waals surface area contributed by atoms with E-state index in [1.165, 1.54) is 41.5 Å². The van der Waals surface area contributed by atoms with E-state index in [9.17, 15) is 93.0 Å². The molecule has 0 aromatic heterocycles. The van der Waals surface area contributed by atoms with Gasteiger partial charge >= 0.3 is 54.0 Å². The molecule has 3 spiro atoms. The minimum absolute atomic E-state index is 0.00263. The number of aliphatic hydroxyl groups is 3. The van der Waals surface area contributed by atoms with Crippen LogP contribution >= 0.6 is 23.2 Å². The number of amides is 6. The molecule has 16 rings (SSSR count). The molecule has 4 fully saturated rings. The zero-order chi connectivity index (χ0) is 107. The van der Waals surface area contributed by atoms with E-state index in [-0.39, 0.29) is 114 Å². The number of alkyl halides is 2. The molecular weight excluding hydrogens is 1930 g/mol. The number of hydrogen-bond acceptors (Lipinski definition) is 36. The van der Waals surface area contributed by atoms with E-state index in [4.69, 9.17) is 91.6 Å². The number of benzene rings is 3. The van der Waals surface area contributed by atoms with Gasteiger partial charge < -0.3 is 135 Å². The number of nitrogens with two attached hydrogens (primary N) is 2. The lowest BCUT2D eigenvalue weighted by molar-refractivity contribution is -0.199. The molecule has 21 atom stereocenters. The Labute approximate surface area is 852 Å². The van der Waals surface area contributed by atoms with Gasteiger partial charge in [-0.2, -0.15) is 0 Å². The second kappa shape index (κ2) is 43.7. The standard InChI is InChI=1S/C34H47N3O10.C29H39N3O8.C23H28N2O7.C15H24N2O6.CH2Cl2/c1-17(2)15-21(36-31(42)47-32(5,6)7)28(39)35-18(3)29(40)44-19(4)30(41)45-23-11-12-34(43)24-16-20-9-10-22(38)26-25(20)33(34,27(23)46-26)13-14-37(24)8;1-14(2)12-18(30)25(34)31-15(3)26(35)38-16(4)27(36)39-20-8-9-29(37)21-13-17-6-7-19(33)23-22(17)28(29,24(20)40-23)10-11-32(21)5;1-11(24)20(27)30-12(2)21(28)31-15-6-7-23(29)16-10-13-4-5-14(26)18-17(13)22(23,19(15)32-18)8-9-25(16)3;1-9(2)8-10(16-14(21)22-15(3,4)5)13(20)23-17-11(18)6-7-12(17)19;2-1-3/h9-11,17-19,21,24,27,38,43H,12-16H2,1-8H3,(H,35,39)(H,36,42);6-8,14-16,18,21,24,33,37H,9-13,30H2,1-5H3,(H,31,34);4-6,11-12,16,19,26,29H,7-10,24H2,1-3H3;9-10H,6-8H2,1-5H3,(H,16,21);1H2/t18-,19-,21-,24+,27-,33-,34+;15-,16-,18-,21+,24-,28-,29+;11-,12-,16+,19-,22-,23+;10-;/m0000./s1. The fraction of sp³-hybridized carbons (Fsp3) is 0.637. The van der Waals surface area contributed by atoms with Crippen molar-refractivity contribution in [3.63, 3.8) is 0 Å². The third-order valence-electron chi connectivity index (χ3n) is 29.0. The molecule has 41 nitrogen and oxygen atoms in total. The highest BCUT2D eigenvalue weighted by Crippen LogP contribution is 2.69. The van der Waals surface area contributed by atoms with Crippen LogP contribution < -0.4 is 46.9 Å². The molecule has 3 aromatic carbocycles. The molecule has 4 saturated heterocycles. The SMILES string of the molecule is CC(C)C[C@H](N)C(=O)N[C@@H](C)C(=O)O[C@@H](C)C(=O)OC1=CC[C@@]2(O)[C@H]3Cc4ccc(O)c5c4[C@@]2(CCN3C)[C@H]1O5.CC(C)C[C@H](NC(=O)OC(C)(C)C)C(=O)N[C@@H](C)C(=O)O[C@@H](C)C(=O)OC1=CC[C@@]2(O)[C@H]3Cc4ccc(O)c5c4[C@@]2(CCN3C)[C@H]1O5.CC(C)C[C@H](NC(=O)OC(C)(C)C)C(=O)ON1C(=O)CCC1=O.C[C@H](N)C(=O)O[C@@H](C)C(=O)OC1=CC[C@@]2(O)[C@H]3Cc4ccc(O)c5c4[C@@]2(CCN3C)[C@H]1O5.ClCCl. The van der Waals surface area contributed by atoms with Crippen LogP contribution in [0.2, 0.25) is 0 Å². The monoisotopic (exact) mass is 2070 g/mol. The summed E-state index contributed by atoms with van der Waals surface area (Å²) in [4.78, 5) is 172. The number of hydroxylamine groups is 2. The van der Waals surface area contributed by atoms with Crippen molar-refractivity contribution in [2.45, 2.75) is 350 Å².